The lowest BCUT2D eigenvalue weighted by atomic mass is 9.83. The van der Waals surface area contributed by atoms with Crippen LogP contribution in [0.3, 0.4) is 0 Å². The van der Waals surface area contributed by atoms with Crippen molar-refractivity contribution in [3.63, 3.8) is 0 Å². The van der Waals surface area contributed by atoms with Crippen LogP contribution in [0.4, 0.5) is 0 Å². The van der Waals surface area contributed by atoms with Gasteiger partial charge in [-0.3, -0.25) is 4.79 Å². The monoisotopic (exact) mass is 212 g/mol. The van der Waals surface area contributed by atoms with E-state index in [0.29, 0.717) is 6.42 Å². The molecule has 0 fully saturated rings. The lowest BCUT2D eigenvalue weighted by Crippen LogP contribution is -2.14. The first-order valence-corrected chi connectivity index (χ1v) is 5.52. The highest BCUT2D eigenvalue weighted by Gasteiger charge is 2.29. The minimum Gasteiger partial charge on any atom is -0.468 e. The van der Waals surface area contributed by atoms with Crippen molar-refractivity contribution in [3.8, 4) is 0 Å². The van der Waals surface area contributed by atoms with E-state index in [1.165, 1.54) is 5.56 Å². The first-order valence-electron chi connectivity index (χ1n) is 5.52. The third-order valence-electron chi connectivity index (χ3n) is 3.17. The van der Waals surface area contributed by atoms with E-state index in [1.54, 1.807) is 12.3 Å². The molecule has 0 radical (unpaired) electrons. The number of Topliss-reactive ketones (excluding diaryl/α,β-unsaturated/α-hetero) is 1. The van der Waals surface area contributed by atoms with Gasteiger partial charge in [0.05, 0.1) is 11.8 Å². The number of rotatable bonds is 1. The molecule has 1 atom stereocenters. The Morgan fingerprint density at radius 3 is 2.75 bits per heavy atom. The molecule has 1 aliphatic carbocycles. The molecule has 1 aliphatic rings. The Kier molecular flexibility index (Phi) is 2.13. The smallest absolute Gasteiger partial charge is 0.166 e. The van der Waals surface area contributed by atoms with E-state index < -0.39 is 0 Å². The zero-order valence-electron chi connectivity index (χ0n) is 8.85. The van der Waals surface area contributed by atoms with Gasteiger partial charge < -0.3 is 4.42 Å². The fourth-order valence-electron chi connectivity index (χ4n) is 2.37. The zero-order chi connectivity index (χ0) is 11.0. The quantitative estimate of drug-likeness (QED) is 0.725. The molecular formula is C14H12O2. The molecule has 80 valence electrons. The fourth-order valence-corrected chi connectivity index (χ4v) is 2.37. The maximum atomic E-state index is 11.7. The van der Waals surface area contributed by atoms with E-state index in [1.807, 2.05) is 18.2 Å². The second-order valence-corrected chi connectivity index (χ2v) is 4.12. The van der Waals surface area contributed by atoms with Gasteiger partial charge >= 0.3 is 0 Å². The zero-order valence-corrected chi connectivity index (χ0v) is 8.85. The predicted molar refractivity (Wildman–Crippen MR) is 60.6 cm³/mol. The number of hydrogen-bond acceptors (Lipinski definition) is 2. The Balaban J connectivity index is 2.07. The molecular weight excluding hydrogens is 200 g/mol. The summed E-state index contributed by atoms with van der Waals surface area (Å²) in [6.45, 7) is 0. The molecule has 1 aromatic carbocycles. The Labute approximate surface area is 93.9 Å². The van der Waals surface area contributed by atoms with Gasteiger partial charge in [-0.15, -0.1) is 0 Å². The number of carbonyl (C=O) groups excluding carboxylic acids is 1. The van der Waals surface area contributed by atoms with Crippen LogP contribution >= 0.6 is 0 Å². The van der Waals surface area contributed by atoms with E-state index in [9.17, 15) is 4.79 Å². The van der Waals surface area contributed by atoms with Gasteiger partial charge in [-0.1, -0.05) is 30.3 Å². The predicted octanol–water partition coefficient (Wildman–Crippen LogP) is 3.39. The summed E-state index contributed by atoms with van der Waals surface area (Å²) in [5, 5.41) is 0. The third kappa shape index (κ3) is 1.38. The van der Waals surface area contributed by atoms with Gasteiger partial charge in [-0.2, -0.15) is 0 Å². The molecule has 1 aromatic heterocycles. The van der Waals surface area contributed by atoms with E-state index in [2.05, 4.69) is 12.1 Å². The van der Waals surface area contributed by atoms with Crippen molar-refractivity contribution in [1.29, 1.82) is 0 Å². The van der Waals surface area contributed by atoms with E-state index >= 15 is 0 Å². The summed E-state index contributed by atoms with van der Waals surface area (Å²) in [7, 11) is 0. The van der Waals surface area contributed by atoms with Crippen molar-refractivity contribution in [2.24, 2.45) is 0 Å². The summed E-state index contributed by atoms with van der Waals surface area (Å²) in [6.07, 6.45) is 3.08. The van der Waals surface area contributed by atoms with Crippen LogP contribution in [0.2, 0.25) is 0 Å². The van der Waals surface area contributed by atoms with Crippen LogP contribution in [0.25, 0.3) is 0 Å². The lowest BCUT2D eigenvalue weighted by Gasteiger charge is -2.20. The van der Waals surface area contributed by atoms with Crippen LogP contribution in [0.1, 0.15) is 40.4 Å². The highest BCUT2D eigenvalue weighted by Crippen LogP contribution is 2.36. The first-order chi connectivity index (χ1) is 7.86. The summed E-state index contributed by atoms with van der Waals surface area (Å²) >= 11 is 0. The molecule has 2 aromatic rings. The van der Waals surface area contributed by atoms with E-state index in [0.717, 1.165) is 17.7 Å². The minimum absolute atomic E-state index is 0.205. The average Bonchev–Trinajstić information content (AvgIpc) is 2.81. The minimum atomic E-state index is 0.205. The Hall–Kier alpha value is -1.83. The number of hydrogen-bond donors (Lipinski definition) is 0. The SMILES string of the molecule is O=C1CCC(c2ccccc2)c2occc21. The van der Waals surface area contributed by atoms with E-state index in [-0.39, 0.29) is 11.7 Å². The average molecular weight is 212 g/mol. The van der Waals surface area contributed by atoms with Crippen LogP contribution < -0.4 is 0 Å². The van der Waals surface area contributed by atoms with Crippen molar-refractivity contribution >= 4 is 5.78 Å². The maximum Gasteiger partial charge on any atom is 0.166 e. The van der Waals surface area contributed by atoms with Gasteiger partial charge in [0.25, 0.3) is 0 Å². The molecule has 2 heteroatoms. The van der Waals surface area contributed by atoms with Gasteiger partial charge in [0.1, 0.15) is 5.76 Å². The molecule has 1 heterocycles. The Morgan fingerprint density at radius 2 is 1.94 bits per heavy atom. The number of furan rings is 1. The Bertz CT molecular complexity index is 511. The molecule has 2 nitrogen and oxygen atoms in total. The number of fused-ring (bicyclic) bond motifs is 1. The van der Waals surface area contributed by atoms with Crippen LogP contribution in [0.15, 0.2) is 47.1 Å². The summed E-state index contributed by atoms with van der Waals surface area (Å²) < 4.78 is 5.47. The molecule has 0 spiro atoms. The topological polar surface area (TPSA) is 30.2 Å². The van der Waals surface area contributed by atoms with Gasteiger partial charge in [0, 0.05) is 12.3 Å². The summed E-state index contributed by atoms with van der Waals surface area (Å²) in [5.74, 6) is 1.28. The number of benzene rings is 1. The van der Waals surface area contributed by atoms with Crippen molar-refractivity contribution < 1.29 is 9.21 Å². The summed E-state index contributed by atoms with van der Waals surface area (Å²) in [5.41, 5.74) is 1.99. The maximum absolute atomic E-state index is 11.7. The molecule has 0 aliphatic heterocycles. The van der Waals surface area contributed by atoms with Gasteiger partial charge in [0.2, 0.25) is 0 Å². The molecule has 0 saturated heterocycles. The second-order valence-electron chi connectivity index (χ2n) is 4.12. The van der Waals surface area contributed by atoms with E-state index in [4.69, 9.17) is 4.42 Å². The molecule has 0 saturated carbocycles. The second kappa shape index (κ2) is 3.63. The van der Waals surface area contributed by atoms with Gasteiger partial charge in [-0.25, -0.2) is 0 Å². The fraction of sp³-hybridized carbons (Fsp3) is 0.214. The highest BCUT2D eigenvalue weighted by atomic mass is 16.3. The normalized spacial score (nSPS) is 19.5. The number of ketones is 1. The van der Waals surface area contributed by atoms with Gasteiger partial charge in [0.15, 0.2) is 5.78 Å². The highest BCUT2D eigenvalue weighted by molar-refractivity contribution is 5.98. The van der Waals surface area contributed by atoms with Crippen molar-refractivity contribution in [1.82, 2.24) is 0 Å². The van der Waals surface area contributed by atoms with Crippen LogP contribution in [0, 0.1) is 0 Å². The van der Waals surface area contributed by atoms with Crippen molar-refractivity contribution in [2.45, 2.75) is 18.8 Å². The number of carbonyl (C=O) groups is 1. The van der Waals surface area contributed by atoms with Crippen molar-refractivity contribution in [2.75, 3.05) is 0 Å². The lowest BCUT2D eigenvalue weighted by molar-refractivity contribution is 0.0965. The molecule has 1 unspecified atom stereocenters. The van der Waals surface area contributed by atoms with Crippen molar-refractivity contribution in [3.05, 3.63) is 59.5 Å². The summed E-state index contributed by atoms with van der Waals surface area (Å²) in [4.78, 5) is 11.7. The standard InChI is InChI=1S/C14H12O2/c15-13-7-6-11(10-4-2-1-3-5-10)14-12(13)8-9-16-14/h1-5,8-9,11H,6-7H2. The molecule has 0 N–H and O–H groups in total. The van der Waals surface area contributed by atoms with Crippen LogP contribution in [-0.2, 0) is 0 Å². The molecule has 0 bridgehead atoms. The Morgan fingerprint density at radius 1 is 1.12 bits per heavy atom. The van der Waals surface area contributed by atoms with Crippen LogP contribution in [-0.4, -0.2) is 5.78 Å². The van der Waals surface area contributed by atoms with Gasteiger partial charge in [-0.05, 0) is 18.1 Å². The molecule has 3 rings (SSSR count). The first kappa shape index (κ1) is 9.40. The van der Waals surface area contributed by atoms with Crippen LogP contribution in [0.5, 0.6) is 0 Å². The summed E-state index contributed by atoms with van der Waals surface area (Å²) in [6, 6.07) is 12.0. The molecule has 16 heavy (non-hydrogen) atoms. The third-order valence-corrected chi connectivity index (χ3v) is 3.17. The largest absolute Gasteiger partial charge is 0.468 e. The molecule has 0 amide bonds.